The molecule has 1 aliphatic carbocycles. The summed E-state index contributed by atoms with van der Waals surface area (Å²) in [5.41, 5.74) is 0.546. The van der Waals surface area contributed by atoms with Crippen molar-refractivity contribution < 1.29 is 18.7 Å². The maximum absolute atomic E-state index is 13.2. The van der Waals surface area contributed by atoms with Crippen LogP contribution in [0.4, 0.5) is 4.39 Å². The summed E-state index contributed by atoms with van der Waals surface area (Å²) >= 11 is 0. The molecular formula is C19H25FN2O3. The predicted molar refractivity (Wildman–Crippen MR) is 90.9 cm³/mol. The Bertz CT molecular complexity index is 604. The van der Waals surface area contributed by atoms with Gasteiger partial charge in [-0.25, -0.2) is 4.39 Å². The molecule has 0 bridgehead atoms. The van der Waals surface area contributed by atoms with E-state index in [0.29, 0.717) is 19.8 Å². The van der Waals surface area contributed by atoms with Gasteiger partial charge >= 0.3 is 0 Å². The summed E-state index contributed by atoms with van der Waals surface area (Å²) < 4.78 is 24.3. The molecule has 3 fully saturated rings. The summed E-state index contributed by atoms with van der Waals surface area (Å²) in [5, 5.41) is 0. The van der Waals surface area contributed by atoms with Gasteiger partial charge in [0.2, 0.25) is 5.91 Å². The average molecular weight is 348 g/mol. The number of nitrogens with zero attached hydrogens (tertiary/aromatic N) is 2. The van der Waals surface area contributed by atoms with Crippen molar-refractivity contribution in [3.8, 4) is 0 Å². The van der Waals surface area contributed by atoms with Gasteiger partial charge in [0.15, 0.2) is 0 Å². The molecule has 5 nitrogen and oxygen atoms in total. The molecule has 1 atom stereocenters. The number of rotatable bonds is 4. The van der Waals surface area contributed by atoms with Gasteiger partial charge in [-0.1, -0.05) is 12.1 Å². The number of piperazine rings is 1. The molecule has 1 amide bonds. The molecule has 0 radical (unpaired) electrons. The third-order valence-corrected chi connectivity index (χ3v) is 5.56. The van der Waals surface area contributed by atoms with Gasteiger partial charge < -0.3 is 14.4 Å². The number of ether oxygens (including phenoxy) is 2. The lowest BCUT2D eigenvalue weighted by molar-refractivity contribution is -0.136. The first kappa shape index (κ1) is 16.9. The van der Waals surface area contributed by atoms with Crippen molar-refractivity contribution in [1.82, 2.24) is 9.80 Å². The van der Waals surface area contributed by atoms with E-state index in [9.17, 15) is 9.18 Å². The topological polar surface area (TPSA) is 42.0 Å². The molecule has 2 heterocycles. The van der Waals surface area contributed by atoms with Crippen LogP contribution in [-0.2, 0) is 19.7 Å². The monoisotopic (exact) mass is 348 g/mol. The van der Waals surface area contributed by atoms with Crippen LogP contribution in [-0.4, -0.2) is 74.4 Å². The molecule has 2 aliphatic heterocycles. The summed E-state index contributed by atoms with van der Waals surface area (Å²) in [5.74, 6) is -0.0504. The van der Waals surface area contributed by atoms with Crippen LogP contribution >= 0.6 is 0 Å². The normalized spacial score (nSPS) is 26.4. The highest BCUT2D eigenvalue weighted by Gasteiger charge is 2.53. The molecule has 0 spiro atoms. The van der Waals surface area contributed by atoms with Crippen molar-refractivity contribution in [3.63, 3.8) is 0 Å². The van der Waals surface area contributed by atoms with E-state index >= 15 is 0 Å². The number of carbonyl (C=O) groups is 1. The van der Waals surface area contributed by atoms with E-state index in [-0.39, 0.29) is 17.8 Å². The molecule has 1 saturated carbocycles. The Morgan fingerprint density at radius 3 is 2.44 bits per heavy atom. The fourth-order valence-electron chi connectivity index (χ4n) is 3.89. The zero-order valence-corrected chi connectivity index (χ0v) is 14.5. The van der Waals surface area contributed by atoms with Gasteiger partial charge in [-0.05, 0) is 30.5 Å². The largest absolute Gasteiger partial charge is 0.376 e. The maximum Gasteiger partial charge on any atom is 0.233 e. The first-order valence-corrected chi connectivity index (χ1v) is 9.14. The molecule has 136 valence electrons. The second-order valence-corrected chi connectivity index (χ2v) is 7.25. The lowest BCUT2D eigenvalue weighted by Gasteiger charge is -2.38. The first-order valence-electron chi connectivity index (χ1n) is 9.14. The van der Waals surface area contributed by atoms with E-state index in [1.165, 1.54) is 12.1 Å². The van der Waals surface area contributed by atoms with E-state index in [2.05, 4.69) is 4.90 Å². The quantitative estimate of drug-likeness (QED) is 0.825. The van der Waals surface area contributed by atoms with Gasteiger partial charge in [0.25, 0.3) is 0 Å². The molecule has 6 heteroatoms. The van der Waals surface area contributed by atoms with Crippen molar-refractivity contribution in [2.75, 3.05) is 52.5 Å². The van der Waals surface area contributed by atoms with Gasteiger partial charge in [-0.15, -0.1) is 0 Å². The number of amides is 1. The SMILES string of the molecule is O=C(N1CCN(CC2COCCO2)CC1)C1(c2ccc(F)cc2)CC1. The lowest BCUT2D eigenvalue weighted by Crippen LogP contribution is -2.53. The first-order chi connectivity index (χ1) is 12.2. The Balaban J connectivity index is 1.33. The van der Waals surface area contributed by atoms with Crippen LogP contribution in [0.3, 0.4) is 0 Å². The van der Waals surface area contributed by atoms with Crippen LogP contribution in [0.2, 0.25) is 0 Å². The van der Waals surface area contributed by atoms with E-state index in [4.69, 9.17) is 9.47 Å². The molecule has 3 aliphatic rings. The van der Waals surface area contributed by atoms with Crippen LogP contribution in [0.5, 0.6) is 0 Å². The third kappa shape index (κ3) is 3.57. The number of benzene rings is 1. The zero-order chi connectivity index (χ0) is 17.3. The summed E-state index contributed by atoms with van der Waals surface area (Å²) in [6.07, 6.45) is 1.88. The smallest absolute Gasteiger partial charge is 0.233 e. The highest BCUT2D eigenvalue weighted by atomic mass is 19.1. The Morgan fingerprint density at radius 1 is 1.12 bits per heavy atom. The molecule has 2 saturated heterocycles. The van der Waals surface area contributed by atoms with Crippen molar-refractivity contribution in [2.24, 2.45) is 0 Å². The summed E-state index contributed by atoms with van der Waals surface area (Å²) in [7, 11) is 0. The van der Waals surface area contributed by atoms with Crippen molar-refractivity contribution in [3.05, 3.63) is 35.6 Å². The van der Waals surface area contributed by atoms with Crippen molar-refractivity contribution in [1.29, 1.82) is 0 Å². The molecule has 0 N–H and O–H groups in total. The average Bonchev–Trinajstić information content (AvgIpc) is 3.45. The Kier molecular flexibility index (Phi) is 4.75. The second-order valence-electron chi connectivity index (χ2n) is 7.25. The van der Waals surface area contributed by atoms with Crippen molar-refractivity contribution in [2.45, 2.75) is 24.4 Å². The molecular weight excluding hydrogens is 323 g/mol. The molecule has 4 rings (SSSR count). The number of hydrogen-bond acceptors (Lipinski definition) is 4. The summed E-state index contributed by atoms with van der Waals surface area (Å²) in [6.45, 7) is 6.10. The zero-order valence-electron chi connectivity index (χ0n) is 14.5. The third-order valence-electron chi connectivity index (χ3n) is 5.56. The van der Waals surface area contributed by atoms with Crippen LogP contribution < -0.4 is 0 Å². The number of carbonyl (C=O) groups excluding carboxylic acids is 1. The van der Waals surface area contributed by atoms with Gasteiger partial charge in [-0.3, -0.25) is 9.69 Å². The number of hydrogen-bond donors (Lipinski definition) is 0. The van der Waals surface area contributed by atoms with Crippen LogP contribution in [0, 0.1) is 5.82 Å². The molecule has 1 unspecified atom stereocenters. The molecule has 0 aromatic heterocycles. The fraction of sp³-hybridized carbons (Fsp3) is 0.632. The minimum Gasteiger partial charge on any atom is -0.376 e. The van der Waals surface area contributed by atoms with E-state index in [1.54, 1.807) is 12.1 Å². The Labute approximate surface area is 147 Å². The molecule has 1 aromatic rings. The second kappa shape index (κ2) is 7.02. The summed E-state index contributed by atoms with van der Waals surface area (Å²) in [6, 6.07) is 6.42. The van der Waals surface area contributed by atoms with E-state index in [0.717, 1.165) is 51.1 Å². The standard InChI is InChI=1S/C19H25FN2O3/c20-16-3-1-15(2-4-16)19(5-6-19)18(23)22-9-7-21(8-10-22)13-17-14-24-11-12-25-17/h1-4,17H,5-14H2. The minimum atomic E-state index is -0.407. The highest BCUT2D eigenvalue weighted by molar-refractivity contribution is 5.91. The van der Waals surface area contributed by atoms with Gasteiger partial charge in [0.1, 0.15) is 5.82 Å². The maximum atomic E-state index is 13.2. The van der Waals surface area contributed by atoms with Gasteiger partial charge in [0, 0.05) is 32.7 Å². The van der Waals surface area contributed by atoms with E-state index < -0.39 is 5.41 Å². The van der Waals surface area contributed by atoms with E-state index in [1.807, 2.05) is 4.90 Å². The minimum absolute atomic E-state index is 0.144. The highest BCUT2D eigenvalue weighted by Crippen LogP contribution is 2.49. The number of halogens is 1. The van der Waals surface area contributed by atoms with Crippen molar-refractivity contribution >= 4 is 5.91 Å². The predicted octanol–water partition coefficient (Wildman–Crippen LogP) is 1.42. The lowest BCUT2D eigenvalue weighted by atomic mass is 9.94. The van der Waals surface area contributed by atoms with Crippen LogP contribution in [0.25, 0.3) is 0 Å². The Morgan fingerprint density at radius 2 is 1.84 bits per heavy atom. The summed E-state index contributed by atoms with van der Waals surface area (Å²) in [4.78, 5) is 17.4. The van der Waals surface area contributed by atoms with Crippen LogP contribution in [0.1, 0.15) is 18.4 Å². The van der Waals surface area contributed by atoms with Gasteiger partial charge in [-0.2, -0.15) is 0 Å². The van der Waals surface area contributed by atoms with Crippen LogP contribution in [0.15, 0.2) is 24.3 Å². The molecule has 1 aromatic carbocycles. The molecule has 25 heavy (non-hydrogen) atoms. The Hall–Kier alpha value is -1.50. The fourth-order valence-corrected chi connectivity index (χ4v) is 3.89. The van der Waals surface area contributed by atoms with Gasteiger partial charge in [0.05, 0.1) is 31.3 Å².